The zero-order chi connectivity index (χ0) is 24.4. The van der Waals surface area contributed by atoms with Crippen LogP contribution in [0.1, 0.15) is 43.9 Å². The summed E-state index contributed by atoms with van der Waals surface area (Å²) in [6.45, 7) is -0.114. The molecule has 0 aliphatic heterocycles. The van der Waals surface area contributed by atoms with Gasteiger partial charge in [0.25, 0.3) is 11.9 Å². The number of hydrogen-bond acceptors (Lipinski definition) is 8. The van der Waals surface area contributed by atoms with Gasteiger partial charge in [-0.25, -0.2) is 14.6 Å². The molecule has 2 aromatic heterocycles. The summed E-state index contributed by atoms with van der Waals surface area (Å²) in [6.07, 6.45) is 0.195. The van der Waals surface area contributed by atoms with Crippen molar-refractivity contribution in [2.45, 2.75) is 12.5 Å². The van der Waals surface area contributed by atoms with E-state index in [0.29, 0.717) is 0 Å². The smallest absolute Gasteiger partial charge is 0.414 e. The monoisotopic (exact) mass is 474 g/mol. The second-order valence-corrected chi connectivity index (χ2v) is 7.57. The maximum Gasteiger partial charge on any atom is 0.414 e. The molecular formula is C23H18N6O6. The molecule has 0 saturated carbocycles. The van der Waals surface area contributed by atoms with Gasteiger partial charge in [-0.3, -0.25) is 15.2 Å². The van der Waals surface area contributed by atoms with Crippen LogP contribution in [0.2, 0.25) is 0 Å². The van der Waals surface area contributed by atoms with Crippen LogP contribution in [0.15, 0.2) is 59.3 Å². The first-order valence-corrected chi connectivity index (χ1v) is 10.5. The van der Waals surface area contributed by atoms with Gasteiger partial charge in [-0.1, -0.05) is 48.5 Å². The highest BCUT2D eigenvalue weighted by Gasteiger charge is 2.29. The third-order valence-electron chi connectivity index (χ3n) is 5.51. The van der Waals surface area contributed by atoms with E-state index in [4.69, 9.17) is 14.3 Å². The van der Waals surface area contributed by atoms with Crippen LogP contribution in [0.25, 0.3) is 11.1 Å². The molecule has 12 nitrogen and oxygen atoms in total. The average Bonchev–Trinajstić information content (AvgIpc) is 3.59. The van der Waals surface area contributed by atoms with E-state index in [0.717, 1.165) is 28.6 Å². The predicted molar refractivity (Wildman–Crippen MR) is 120 cm³/mol. The van der Waals surface area contributed by atoms with Gasteiger partial charge in [-0.15, -0.1) is 5.10 Å². The van der Waals surface area contributed by atoms with Crippen LogP contribution in [0.5, 0.6) is 0 Å². The van der Waals surface area contributed by atoms with Gasteiger partial charge in [0.2, 0.25) is 5.82 Å². The number of benzene rings is 2. The number of carboxylic acids is 1. The van der Waals surface area contributed by atoms with Gasteiger partial charge < -0.3 is 19.6 Å². The first-order valence-electron chi connectivity index (χ1n) is 10.5. The van der Waals surface area contributed by atoms with Gasteiger partial charge in [0.1, 0.15) is 6.61 Å². The van der Waals surface area contributed by atoms with Gasteiger partial charge in [-0.05, 0) is 22.3 Å². The Morgan fingerprint density at radius 2 is 1.74 bits per heavy atom. The van der Waals surface area contributed by atoms with Crippen molar-refractivity contribution in [3.63, 3.8) is 0 Å². The Morgan fingerprint density at radius 1 is 1.06 bits per heavy atom. The molecule has 2 amide bonds. The number of aromatic carboxylic acids is 1. The number of aromatic nitrogens is 4. The standard InChI is InChI=1S/C23H18N6O6/c30-20(24-9-17-18(21(31)32)25-11-35-17)19-26-22(29-28-19)27-23(33)34-10-16-14-7-3-1-5-12(14)13-6-2-4-8-15(13)16/h1-8,11,16H,9-10H2,(H,24,30)(H,31,32)(H2,26,27,28,29,33). The lowest BCUT2D eigenvalue weighted by Crippen LogP contribution is -2.25. The molecule has 4 aromatic rings. The molecule has 0 bridgehead atoms. The number of ether oxygens (including phenoxy) is 1. The second kappa shape index (κ2) is 9.09. The Hall–Kier alpha value is -5.00. The highest BCUT2D eigenvalue weighted by molar-refractivity contribution is 5.92. The Labute approximate surface area is 197 Å². The van der Waals surface area contributed by atoms with E-state index in [2.05, 4.69) is 30.8 Å². The van der Waals surface area contributed by atoms with Crippen molar-refractivity contribution >= 4 is 23.9 Å². The maximum atomic E-state index is 12.4. The number of hydrogen-bond donors (Lipinski definition) is 4. The molecule has 12 heteroatoms. The molecule has 0 radical (unpaired) electrons. The Kier molecular flexibility index (Phi) is 5.67. The van der Waals surface area contributed by atoms with Gasteiger partial charge in [0.15, 0.2) is 17.8 Å². The van der Waals surface area contributed by atoms with Crippen molar-refractivity contribution in [2.24, 2.45) is 0 Å². The van der Waals surface area contributed by atoms with Gasteiger partial charge in [0.05, 0.1) is 6.54 Å². The van der Waals surface area contributed by atoms with E-state index in [1.165, 1.54) is 0 Å². The number of anilines is 1. The van der Waals surface area contributed by atoms with E-state index in [9.17, 15) is 14.4 Å². The minimum atomic E-state index is -1.28. The molecule has 5 rings (SSSR count). The molecule has 0 saturated heterocycles. The predicted octanol–water partition coefficient (Wildman–Crippen LogP) is 2.78. The molecule has 2 heterocycles. The van der Waals surface area contributed by atoms with Crippen molar-refractivity contribution in [1.82, 2.24) is 25.5 Å². The summed E-state index contributed by atoms with van der Waals surface area (Å²) in [5, 5.41) is 20.0. The van der Waals surface area contributed by atoms with E-state index in [-0.39, 0.29) is 42.3 Å². The number of carboxylic acid groups (broad SMARTS) is 1. The third kappa shape index (κ3) is 4.31. The van der Waals surface area contributed by atoms with Crippen LogP contribution in [0, 0.1) is 0 Å². The molecular weight excluding hydrogens is 456 g/mol. The number of oxazole rings is 1. The summed E-state index contributed by atoms with van der Waals surface area (Å²) in [7, 11) is 0. The lowest BCUT2D eigenvalue weighted by molar-refractivity contribution is 0.0687. The molecule has 4 N–H and O–H groups in total. The minimum Gasteiger partial charge on any atom is -0.476 e. The third-order valence-corrected chi connectivity index (χ3v) is 5.51. The summed E-state index contributed by atoms with van der Waals surface area (Å²) >= 11 is 0. The number of H-pyrrole nitrogens is 1. The van der Waals surface area contributed by atoms with Crippen LogP contribution >= 0.6 is 0 Å². The molecule has 1 aliphatic carbocycles. The summed E-state index contributed by atoms with van der Waals surface area (Å²) < 4.78 is 10.4. The highest BCUT2D eigenvalue weighted by atomic mass is 16.5. The van der Waals surface area contributed by atoms with Crippen LogP contribution in [-0.2, 0) is 11.3 Å². The van der Waals surface area contributed by atoms with E-state index in [1.54, 1.807) is 0 Å². The highest BCUT2D eigenvalue weighted by Crippen LogP contribution is 2.44. The zero-order valence-electron chi connectivity index (χ0n) is 18.0. The minimum absolute atomic E-state index is 0.0256. The van der Waals surface area contributed by atoms with Gasteiger partial charge in [0, 0.05) is 5.92 Å². The largest absolute Gasteiger partial charge is 0.476 e. The van der Waals surface area contributed by atoms with Crippen LogP contribution in [0.3, 0.4) is 0 Å². The van der Waals surface area contributed by atoms with Gasteiger partial charge >= 0.3 is 12.1 Å². The van der Waals surface area contributed by atoms with E-state index >= 15 is 0 Å². The first-order chi connectivity index (χ1) is 17.0. The summed E-state index contributed by atoms with van der Waals surface area (Å²) in [5.74, 6) is -2.45. The second-order valence-electron chi connectivity index (χ2n) is 7.57. The summed E-state index contributed by atoms with van der Waals surface area (Å²) in [5.41, 5.74) is 4.08. The zero-order valence-corrected chi connectivity index (χ0v) is 18.0. The molecule has 0 atom stereocenters. The Bertz CT molecular complexity index is 1380. The number of nitrogens with one attached hydrogen (secondary N) is 3. The molecule has 1 aliphatic rings. The molecule has 0 fully saturated rings. The fourth-order valence-electron chi connectivity index (χ4n) is 3.96. The van der Waals surface area contributed by atoms with Crippen molar-refractivity contribution in [3.8, 4) is 11.1 Å². The quantitative estimate of drug-likeness (QED) is 0.314. The molecule has 35 heavy (non-hydrogen) atoms. The van der Waals surface area contributed by atoms with E-state index < -0.39 is 18.0 Å². The first kappa shape index (κ1) is 21.8. The Balaban J connectivity index is 1.17. The van der Waals surface area contributed by atoms with Crippen molar-refractivity contribution in [2.75, 3.05) is 11.9 Å². The van der Waals surface area contributed by atoms with Crippen molar-refractivity contribution in [3.05, 3.63) is 83.3 Å². The number of amides is 2. The number of nitrogens with zero attached hydrogens (tertiary/aromatic N) is 3. The van der Waals surface area contributed by atoms with E-state index in [1.807, 2.05) is 48.5 Å². The Morgan fingerprint density at radius 3 is 2.43 bits per heavy atom. The maximum absolute atomic E-state index is 12.4. The number of rotatable bonds is 7. The molecule has 0 spiro atoms. The van der Waals surface area contributed by atoms with Gasteiger partial charge in [-0.2, -0.15) is 4.98 Å². The number of carbonyl (C=O) groups excluding carboxylic acids is 2. The van der Waals surface area contributed by atoms with Crippen molar-refractivity contribution in [1.29, 1.82) is 0 Å². The molecule has 2 aromatic carbocycles. The fourth-order valence-corrected chi connectivity index (χ4v) is 3.96. The SMILES string of the molecule is O=C(Nc1n[nH]c(C(=O)NCc2ocnc2C(=O)O)n1)OCC1c2ccccc2-c2ccccc21. The topological polar surface area (TPSA) is 172 Å². The number of carbonyl (C=O) groups is 3. The summed E-state index contributed by atoms with van der Waals surface area (Å²) in [4.78, 5) is 43.1. The normalized spacial score (nSPS) is 12.0. The van der Waals surface area contributed by atoms with Crippen LogP contribution in [0.4, 0.5) is 10.7 Å². The van der Waals surface area contributed by atoms with Crippen LogP contribution in [-0.4, -0.2) is 49.8 Å². The van der Waals surface area contributed by atoms with Crippen molar-refractivity contribution < 1.29 is 28.6 Å². The molecule has 176 valence electrons. The lowest BCUT2D eigenvalue weighted by Gasteiger charge is -2.13. The molecule has 0 unspecified atom stereocenters. The van der Waals surface area contributed by atoms with Crippen LogP contribution < -0.4 is 10.6 Å². The number of aromatic amines is 1. The lowest BCUT2D eigenvalue weighted by atomic mass is 9.98. The fraction of sp³-hybridized carbons (Fsp3) is 0.130. The average molecular weight is 474 g/mol. The number of fused-ring (bicyclic) bond motifs is 3. The summed E-state index contributed by atoms with van der Waals surface area (Å²) in [6, 6.07) is 15.9.